The summed E-state index contributed by atoms with van der Waals surface area (Å²) in [4.78, 5) is 12.8. The second kappa shape index (κ2) is 11.7. The van der Waals surface area contributed by atoms with Crippen LogP contribution in [0.25, 0.3) is 0 Å². The Bertz CT molecular complexity index is 1370. The van der Waals surface area contributed by atoms with Crippen LogP contribution < -0.4 is 9.62 Å². The van der Waals surface area contributed by atoms with Crippen molar-refractivity contribution in [2.24, 2.45) is 5.92 Å². The van der Waals surface area contributed by atoms with E-state index in [0.29, 0.717) is 37.8 Å². The zero-order chi connectivity index (χ0) is 31.1. The minimum atomic E-state index is -6.09. The number of rotatable bonds is 7. The predicted molar refractivity (Wildman–Crippen MR) is 141 cm³/mol. The Labute approximate surface area is 239 Å². The number of sulfonamides is 1. The first-order valence-corrected chi connectivity index (χ1v) is 14.9. The number of fused-ring (bicyclic) bond motifs is 1. The smallest absolute Gasteiger partial charge is 0.381 e. The molecule has 0 aromatic heterocycles. The largest absolute Gasteiger partial charge is 0.430 e. The highest BCUT2D eigenvalue weighted by atomic mass is 32.2. The molecular weight excluding hydrogens is 590 g/mol. The number of carbonyl (C=O) groups is 1. The maximum absolute atomic E-state index is 13.9. The van der Waals surface area contributed by atoms with Crippen LogP contribution in [0, 0.1) is 12.8 Å². The van der Waals surface area contributed by atoms with Crippen molar-refractivity contribution in [2.75, 3.05) is 18.0 Å². The van der Waals surface area contributed by atoms with Gasteiger partial charge >= 0.3 is 12.4 Å². The summed E-state index contributed by atoms with van der Waals surface area (Å²) >= 11 is 0. The number of hydrogen-bond acceptors (Lipinski definition) is 5. The highest BCUT2D eigenvalue weighted by Crippen LogP contribution is 2.51. The zero-order valence-electron chi connectivity index (χ0n) is 22.9. The standard InChI is InChI=1S/C28H32F6N2O5S/c1-17-3-12-23(13-4-17)42(39,40)36-21(16-35-25(37)18-6-10-22(41-2)11-7-18)9-5-19-15-20(8-14-24(19)36)26(38,27(29,30)31)28(32,33)34/h3-4,8,12-15,18,21-22,38H,5-7,9-11,16H2,1-2H3,(H,35,37)/t18?,21-,22?/m0/s1. The molecule has 1 amide bonds. The summed E-state index contributed by atoms with van der Waals surface area (Å²) in [7, 11) is -2.77. The molecule has 2 aliphatic rings. The van der Waals surface area contributed by atoms with Crippen molar-refractivity contribution in [2.45, 2.75) is 80.4 Å². The van der Waals surface area contributed by atoms with Gasteiger partial charge in [-0.2, -0.15) is 26.3 Å². The Morgan fingerprint density at radius 3 is 2.12 bits per heavy atom. The molecule has 1 atom stereocenters. The van der Waals surface area contributed by atoms with Crippen LogP contribution in [0.2, 0.25) is 0 Å². The third-order valence-corrected chi connectivity index (χ3v) is 9.98. The molecule has 2 N–H and O–H groups in total. The van der Waals surface area contributed by atoms with Crippen molar-refractivity contribution < 1.29 is 49.4 Å². The van der Waals surface area contributed by atoms with Gasteiger partial charge in [0, 0.05) is 25.1 Å². The minimum absolute atomic E-state index is 0.00525. The molecule has 1 aliphatic carbocycles. The minimum Gasteiger partial charge on any atom is -0.381 e. The third-order valence-electron chi connectivity index (χ3n) is 8.10. The van der Waals surface area contributed by atoms with Crippen LogP contribution in [0.5, 0.6) is 0 Å². The maximum atomic E-state index is 13.9. The van der Waals surface area contributed by atoms with Gasteiger partial charge in [0.2, 0.25) is 5.91 Å². The quantitative estimate of drug-likeness (QED) is 0.417. The third kappa shape index (κ3) is 5.98. The summed E-state index contributed by atoms with van der Waals surface area (Å²) in [6, 6.07) is 6.77. The molecule has 1 aliphatic heterocycles. The van der Waals surface area contributed by atoms with Gasteiger partial charge in [0.25, 0.3) is 15.6 Å². The van der Waals surface area contributed by atoms with E-state index in [-0.39, 0.29) is 53.5 Å². The van der Waals surface area contributed by atoms with Crippen molar-refractivity contribution in [1.29, 1.82) is 0 Å². The molecule has 42 heavy (non-hydrogen) atoms. The Morgan fingerprint density at radius 1 is 0.976 bits per heavy atom. The summed E-state index contributed by atoms with van der Waals surface area (Å²) in [5.74, 6) is -0.557. The van der Waals surface area contributed by atoms with Crippen molar-refractivity contribution in [3.05, 3.63) is 59.2 Å². The van der Waals surface area contributed by atoms with Crippen LogP contribution in [0.15, 0.2) is 47.4 Å². The second-order valence-corrected chi connectivity index (χ2v) is 12.6. The molecule has 14 heteroatoms. The molecule has 0 unspecified atom stereocenters. The van der Waals surface area contributed by atoms with Crippen molar-refractivity contribution in [1.82, 2.24) is 5.32 Å². The second-order valence-electron chi connectivity index (χ2n) is 10.8. The molecule has 2 aromatic rings. The number of aryl methyl sites for hydroxylation is 2. The van der Waals surface area contributed by atoms with Gasteiger partial charge in [-0.3, -0.25) is 9.10 Å². The number of halogens is 6. The van der Waals surface area contributed by atoms with Gasteiger partial charge in [0.15, 0.2) is 0 Å². The van der Waals surface area contributed by atoms with E-state index < -0.39 is 39.6 Å². The highest BCUT2D eigenvalue weighted by molar-refractivity contribution is 7.92. The van der Waals surface area contributed by atoms with Crippen molar-refractivity contribution >= 4 is 21.6 Å². The lowest BCUT2D eigenvalue weighted by Crippen LogP contribution is -2.54. The Balaban J connectivity index is 1.70. The molecule has 0 saturated heterocycles. The van der Waals surface area contributed by atoms with Crippen LogP contribution in [0.3, 0.4) is 0 Å². The van der Waals surface area contributed by atoms with E-state index in [4.69, 9.17) is 4.74 Å². The van der Waals surface area contributed by atoms with Crippen LogP contribution in [-0.2, 0) is 31.6 Å². The molecule has 1 fully saturated rings. The maximum Gasteiger partial charge on any atom is 0.430 e. The number of alkyl halides is 6. The number of hydrogen-bond donors (Lipinski definition) is 2. The number of nitrogens with zero attached hydrogens (tertiary/aromatic N) is 1. The van der Waals surface area contributed by atoms with Crippen LogP contribution >= 0.6 is 0 Å². The first kappa shape index (κ1) is 32.1. The van der Waals surface area contributed by atoms with Gasteiger partial charge in [-0.25, -0.2) is 8.42 Å². The number of methoxy groups -OCH3 is 1. The Kier molecular flexibility index (Phi) is 8.92. The number of benzene rings is 2. The molecule has 1 heterocycles. The van der Waals surface area contributed by atoms with E-state index in [9.17, 15) is 44.7 Å². The van der Waals surface area contributed by atoms with Gasteiger partial charge in [-0.05, 0) is 69.2 Å². The van der Waals surface area contributed by atoms with Crippen LogP contribution in [-0.4, -0.2) is 57.6 Å². The summed E-state index contributed by atoms with van der Waals surface area (Å²) in [5.41, 5.74) is -6.09. The molecule has 0 spiro atoms. The molecule has 1 saturated carbocycles. The lowest BCUT2D eigenvalue weighted by molar-refractivity contribution is -0.376. The van der Waals surface area contributed by atoms with E-state index in [1.165, 1.54) is 12.1 Å². The summed E-state index contributed by atoms with van der Waals surface area (Å²) in [5, 5.41) is 12.7. The van der Waals surface area contributed by atoms with Gasteiger partial charge in [0.05, 0.1) is 22.7 Å². The van der Waals surface area contributed by atoms with Crippen LogP contribution in [0.1, 0.15) is 48.8 Å². The number of aliphatic hydroxyl groups is 1. The summed E-state index contributed by atoms with van der Waals surface area (Å²) < 4.78 is 115. The summed E-state index contributed by atoms with van der Waals surface area (Å²) in [6.45, 7) is 1.62. The lowest BCUT2D eigenvalue weighted by Gasteiger charge is -2.39. The normalized spacial score (nSPS) is 22.0. The van der Waals surface area contributed by atoms with E-state index in [1.54, 1.807) is 26.2 Å². The van der Waals surface area contributed by atoms with E-state index in [2.05, 4.69) is 5.32 Å². The molecule has 7 nitrogen and oxygen atoms in total. The number of anilines is 1. The first-order chi connectivity index (χ1) is 19.5. The average molecular weight is 623 g/mol. The van der Waals surface area contributed by atoms with Gasteiger partial charge < -0.3 is 15.2 Å². The Morgan fingerprint density at radius 2 is 1.57 bits per heavy atom. The van der Waals surface area contributed by atoms with Gasteiger partial charge in [0.1, 0.15) is 0 Å². The van der Waals surface area contributed by atoms with Crippen LogP contribution in [0.4, 0.5) is 32.0 Å². The fourth-order valence-corrected chi connectivity index (χ4v) is 7.32. The fourth-order valence-electron chi connectivity index (χ4n) is 5.61. The molecule has 232 valence electrons. The number of ether oxygens (including phenoxy) is 1. The molecule has 0 radical (unpaired) electrons. The average Bonchev–Trinajstić information content (AvgIpc) is 2.93. The van der Waals surface area contributed by atoms with Crippen molar-refractivity contribution in [3.8, 4) is 0 Å². The first-order valence-electron chi connectivity index (χ1n) is 13.4. The highest BCUT2D eigenvalue weighted by Gasteiger charge is 2.71. The number of carbonyl (C=O) groups excluding carboxylic acids is 1. The number of amides is 1. The molecule has 2 aromatic carbocycles. The topological polar surface area (TPSA) is 95.9 Å². The van der Waals surface area contributed by atoms with E-state index >= 15 is 0 Å². The van der Waals surface area contributed by atoms with E-state index in [0.717, 1.165) is 15.9 Å². The SMILES string of the molecule is COC1CCC(C(=O)NC[C@@H]2CCc3cc(C(O)(C(F)(F)F)C(F)(F)F)ccc3N2S(=O)(=O)c2ccc(C)cc2)CC1. The zero-order valence-corrected chi connectivity index (χ0v) is 23.7. The summed E-state index contributed by atoms with van der Waals surface area (Å²) in [6.07, 6.45) is -9.62. The van der Waals surface area contributed by atoms with Gasteiger partial charge in [-0.1, -0.05) is 29.8 Å². The fraction of sp³-hybridized carbons (Fsp3) is 0.536. The van der Waals surface area contributed by atoms with E-state index in [1.807, 2.05) is 0 Å². The number of nitrogens with one attached hydrogen (secondary N) is 1. The Hall–Kier alpha value is -2.84. The molecule has 4 rings (SSSR count). The predicted octanol–water partition coefficient (Wildman–Crippen LogP) is 5.14. The van der Waals surface area contributed by atoms with Gasteiger partial charge in [-0.15, -0.1) is 0 Å². The van der Waals surface area contributed by atoms with Crippen molar-refractivity contribution in [3.63, 3.8) is 0 Å². The lowest BCUT2D eigenvalue weighted by atomic mass is 9.86. The molecule has 0 bridgehead atoms. The monoisotopic (exact) mass is 622 g/mol. The molecular formula is C28H32F6N2O5S.